The van der Waals surface area contributed by atoms with E-state index in [1.807, 2.05) is 30.3 Å². The van der Waals surface area contributed by atoms with Crippen molar-refractivity contribution in [2.75, 3.05) is 52.6 Å². The van der Waals surface area contributed by atoms with Gasteiger partial charge in [0.2, 0.25) is 0 Å². The number of benzene rings is 2. The van der Waals surface area contributed by atoms with E-state index in [1.54, 1.807) is 0 Å². The van der Waals surface area contributed by atoms with Gasteiger partial charge in [-0.1, -0.05) is 30.3 Å². The van der Waals surface area contributed by atoms with Crippen molar-refractivity contribution in [1.82, 2.24) is 10.6 Å². The van der Waals surface area contributed by atoms with Crippen molar-refractivity contribution in [3.63, 3.8) is 0 Å². The number of ether oxygens (including phenoxy) is 4. The van der Waals surface area contributed by atoms with Crippen molar-refractivity contribution in [2.24, 2.45) is 0 Å². The fourth-order valence-corrected chi connectivity index (χ4v) is 3.39. The Morgan fingerprint density at radius 1 is 0.821 bits per heavy atom. The highest BCUT2D eigenvalue weighted by Gasteiger charge is 2.17. The highest BCUT2D eigenvalue weighted by Crippen LogP contribution is 2.33. The molecule has 0 amide bonds. The molecule has 0 bridgehead atoms. The van der Waals surface area contributed by atoms with Crippen LogP contribution in [0.3, 0.4) is 0 Å². The van der Waals surface area contributed by atoms with Crippen molar-refractivity contribution in [3.8, 4) is 22.6 Å². The zero-order chi connectivity index (χ0) is 19.0. The molecule has 2 aromatic rings. The molecule has 0 unspecified atom stereocenters. The first-order chi connectivity index (χ1) is 13.9. The fourth-order valence-electron chi connectivity index (χ4n) is 3.39. The van der Waals surface area contributed by atoms with E-state index < -0.39 is 0 Å². The second-order valence-corrected chi connectivity index (χ2v) is 7.04. The smallest absolute Gasteiger partial charge is 0.130 e. The minimum absolute atomic E-state index is 0.0589. The maximum absolute atomic E-state index is 6.17. The Morgan fingerprint density at radius 3 is 2.14 bits per heavy atom. The maximum atomic E-state index is 6.17. The molecule has 2 aromatic carbocycles. The summed E-state index contributed by atoms with van der Waals surface area (Å²) in [4.78, 5) is 0. The van der Waals surface area contributed by atoms with Gasteiger partial charge in [-0.2, -0.15) is 0 Å². The van der Waals surface area contributed by atoms with Crippen LogP contribution >= 0.6 is 0 Å². The third-order valence-electron chi connectivity index (χ3n) is 4.91. The summed E-state index contributed by atoms with van der Waals surface area (Å²) in [6.45, 7) is 5.90. The second kappa shape index (κ2) is 9.89. The van der Waals surface area contributed by atoms with Gasteiger partial charge in [0, 0.05) is 37.8 Å². The molecule has 0 radical (unpaired) electrons. The molecular formula is C22H28N2O4. The number of hydrogen-bond acceptors (Lipinski definition) is 6. The lowest BCUT2D eigenvalue weighted by Crippen LogP contribution is -2.41. The molecule has 2 heterocycles. The van der Waals surface area contributed by atoms with Gasteiger partial charge in [-0.05, 0) is 17.7 Å². The quantitative estimate of drug-likeness (QED) is 0.762. The summed E-state index contributed by atoms with van der Waals surface area (Å²) < 4.78 is 23.6. The first kappa shape index (κ1) is 19.2. The third kappa shape index (κ3) is 5.23. The van der Waals surface area contributed by atoms with E-state index in [2.05, 4.69) is 28.8 Å². The topological polar surface area (TPSA) is 61.0 Å². The first-order valence-corrected chi connectivity index (χ1v) is 9.98. The predicted molar refractivity (Wildman–Crippen MR) is 108 cm³/mol. The molecule has 0 spiro atoms. The van der Waals surface area contributed by atoms with E-state index in [1.165, 1.54) is 0 Å². The van der Waals surface area contributed by atoms with Crippen LogP contribution in [0, 0.1) is 0 Å². The van der Waals surface area contributed by atoms with E-state index in [-0.39, 0.29) is 12.2 Å². The van der Waals surface area contributed by atoms with Crippen LogP contribution in [-0.4, -0.2) is 64.8 Å². The summed E-state index contributed by atoms with van der Waals surface area (Å²) in [6.07, 6.45) is 0.136. The van der Waals surface area contributed by atoms with Gasteiger partial charge in [0.05, 0.1) is 13.2 Å². The second-order valence-electron chi connectivity index (χ2n) is 7.04. The molecule has 0 aromatic heterocycles. The van der Waals surface area contributed by atoms with Gasteiger partial charge in [-0.3, -0.25) is 0 Å². The minimum atomic E-state index is 0.0589. The van der Waals surface area contributed by atoms with E-state index in [0.29, 0.717) is 13.2 Å². The Hall–Kier alpha value is -2.12. The molecule has 0 saturated carbocycles. The van der Waals surface area contributed by atoms with Crippen molar-refractivity contribution in [2.45, 2.75) is 12.2 Å². The molecule has 150 valence electrons. The van der Waals surface area contributed by atoms with Crippen LogP contribution in [-0.2, 0) is 9.47 Å². The van der Waals surface area contributed by atoms with Crippen LogP contribution in [0.2, 0.25) is 0 Å². The number of nitrogens with one attached hydrogen (secondary N) is 2. The summed E-state index contributed by atoms with van der Waals surface area (Å²) in [5.74, 6) is 1.59. The Morgan fingerprint density at radius 2 is 1.50 bits per heavy atom. The van der Waals surface area contributed by atoms with Gasteiger partial charge < -0.3 is 29.6 Å². The fraction of sp³-hybridized carbons (Fsp3) is 0.455. The summed E-state index contributed by atoms with van der Waals surface area (Å²) >= 11 is 0. The van der Waals surface area contributed by atoms with Gasteiger partial charge in [0.1, 0.15) is 36.9 Å². The molecule has 2 atom stereocenters. The number of hydrogen-bond donors (Lipinski definition) is 2. The molecule has 2 saturated heterocycles. The van der Waals surface area contributed by atoms with Crippen LogP contribution in [0.4, 0.5) is 0 Å². The van der Waals surface area contributed by atoms with Gasteiger partial charge in [-0.25, -0.2) is 0 Å². The summed E-state index contributed by atoms with van der Waals surface area (Å²) in [5.41, 5.74) is 2.17. The van der Waals surface area contributed by atoms with E-state index >= 15 is 0 Å². The van der Waals surface area contributed by atoms with Gasteiger partial charge in [0.25, 0.3) is 0 Å². The lowest BCUT2D eigenvalue weighted by atomic mass is 10.0. The monoisotopic (exact) mass is 384 g/mol. The maximum Gasteiger partial charge on any atom is 0.130 e. The normalized spacial score (nSPS) is 22.6. The lowest BCUT2D eigenvalue weighted by molar-refractivity contribution is -0.00123. The number of morpholine rings is 2. The molecular weight excluding hydrogens is 356 g/mol. The largest absolute Gasteiger partial charge is 0.491 e. The van der Waals surface area contributed by atoms with E-state index in [4.69, 9.17) is 18.9 Å². The SMILES string of the molecule is c1ccc(-c2ccc(OC[C@@H]3CNCCO3)cc2OC[C@@H]2CNCCO2)cc1. The Bertz CT molecular complexity index is 729. The Labute approximate surface area is 166 Å². The van der Waals surface area contributed by atoms with Crippen LogP contribution in [0.25, 0.3) is 11.1 Å². The number of rotatable bonds is 7. The molecule has 6 nitrogen and oxygen atoms in total. The van der Waals surface area contributed by atoms with Crippen molar-refractivity contribution >= 4 is 0 Å². The summed E-state index contributed by atoms with van der Waals surface area (Å²) in [6, 6.07) is 16.3. The van der Waals surface area contributed by atoms with Crippen molar-refractivity contribution in [1.29, 1.82) is 0 Å². The van der Waals surface area contributed by atoms with Crippen LogP contribution in [0.15, 0.2) is 48.5 Å². The predicted octanol–water partition coefficient (Wildman–Crippen LogP) is 2.09. The van der Waals surface area contributed by atoms with Gasteiger partial charge >= 0.3 is 0 Å². The Kier molecular flexibility index (Phi) is 6.78. The summed E-state index contributed by atoms with van der Waals surface area (Å²) in [5, 5.41) is 6.66. The van der Waals surface area contributed by atoms with Crippen LogP contribution < -0.4 is 20.1 Å². The summed E-state index contributed by atoms with van der Waals surface area (Å²) in [7, 11) is 0. The van der Waals surface area contributed by atoms with E-state index in [9.17, 15) is 0 Å². The average Bonchev–Trinajstić information content (AvgIpc) is 2.78. The molecule has 2 aliphatic heterocycles. The van der Waals surface area contributed by atoms with Gasteiger partial charge in [-0.15, -0.1) is 0 Å². The molecule has 6 heteroatoms. The van der Waals surface area contributed by atoms with E-state index in [0.717, 1.165) is 62.0 Å². The first-order valence-electron chi connectivity index (χ1n) is 9.98. The van der Waals surface area contributed by atoms with Crippen molar-refractivity contribution in [3.05, 3.63) is 48.5 Å². The molecule has 0 aliphatic carbocycles. The Balaban J connectivity index is 1.47. The zero-order valence-electron chi connectivity index (χ0n) is 16.1. The lowest BCUT2D eigenvalue weighted by Gasteiger charge is -2.25. The van der Waals surface area contributed by atoms with Crippen LogP contribution in [0.5, 0.6) is 11.5 Å². The zero-order valence-corrected chi connectivity index (χ0v) is 16.1. The third-order valence-corrected chi connectivity index (χ3v) is 4.91. The average molecular weight is 384 g/mol. The minimum Gasteiger partial charge on any atom is -0.491 e. The molecule has 2 N–H and O–H groups in total. The van der Waals surface area contributed by atoms with Crippen molar-refractivity contribution < 1.29 is 18.9 Å². The van der Waals surface area contributed by atoms with Crippen LogP contribution in [0.1, 0.15) is 0 Å². The highest BCUT2D eigenvalue weighted by molar-refractivity contribution is 5.71. The highest BCUT2D eigenvalue weighted by atomic mass is 16.5. The standard InChI is InChI=1S/C22H28N2O4/c1-2-4-17(5-3-1)21-7-6-18(27-15-19-13-23-8-10-25-19)12-22(21)28-16-20-14-24-9-11-26-20/h1-7,12,19-20,23-24H,8-11,13-16H2/t19-,20-/m0/s1. The molecule has 2 aliphatic rings. The molecule has 2 fully saturated rings. The molecule has 28 heavy (non-hydrogen) atoms. The van der Waals surface area contributed by atoms with Gasteiger partial charge in [0.15, 0.2) is 0 Å². The molecule has 4 rings (SSSR count).